The number of hydrogen-bond donors (Lipinski definition) is 0. The van der Waals surface area contributed by atoms with Crippen LogP contribution in [0.25, 0.3) is 0 Å². The van der Waals surface area contributed by atoms with Crippen LogP contribution in [0.1, 0.15) is 28.1 Å². The molecule has 0 unspecified atom stereocenters. The predicted molar refractivity (Wildman–Crippen MR) is 79.1 cm³/mol. The van der Waals surface area contributed by atoms with Gasteiger partial charge in [0.15, 0.2) is 5.78 Å². The van der Waals surface area contributed by atoms with Crippen molar-refractivity contribution < 1.29 is 18.7 Å². The van der Waals surface area contributed by atoms with Crippen molar-refractivity contribution in [3.8, 4) is 0 Å². The molecule has 0 amide bonds. The monoisotopic (exact) mass is 326 g/mol. The third-order valence-corrected chi connectivity index (χ3v) is 4.06. The van der Waals surface area contributed by atoms with Crippen LogP contribution in [0, 0.1) is 5.82 Å². The molecule has 1 aromatic heterocycles. The molecule has 0 fully saturated rings. The fourth-order valence-corrected chi connectivity index (χ4v) is 2.58. The number of carbonyl (C=O) groups is 2. The lowest BCUT2D eigenvalue weighted by Crippen LogP contribution is -2.08. The number of Topliss-reactive ketones (excluding diaryl/α,β-unsaturated/α-hetero) is 1. The number of thiophene rings is 1. The number of rotatable bonds is 6. The van der Waals surface area contributed by atoms with Crippen molar-refractivity contribution in [3.05, 3.63) is 57.0 Å². The summed E-state index contributed by atoms with van der Waals surface area (Å²) in [6, 6.07) is 7.72. The summed E-state index contributed by atoms with van der Waals surface area (Å²) in [4.78, 5) is 23.9. The number of halogens is 2. The first-order valence-electron chi connectivity index (χ1n) is 6.23. The van der Waals surface area contributed by atoms with E-state index in [0.717, 1.165) is 0 Å². The predicted octanol–water partition coefficient (Wildman–Crippen LogP) is 4.25. The lowest BCUT2D eigenvalue weighted by molar-refractivity contribution is -0.144. The number of benzene rings is 1. The third-order valence-electron chi connectivity index (χ3n) is 2.79. The fourth-order valence-electron chi connectivity index (χ4n) is 1.67. The van der Waals surface area contributed by atoms with Crippen LogP contribution in [-0.2, 0) is 16.1 Å². The lowest BCUT2D eigenvalue weighted by atomic mass is 10.2. The van der Waals surface area contributed by atoms with Crippen LogP contribution < -0.4 is 0 Å². The van der Waals surface area contributed by atoms with E-state index in [4.69, 9.17) is 16.3 Å². The van der Waals surface area contributed by atoms with E-state index in [1.807, 2.05) is 0 Å². The molecule has 1 heterocycles. The summed E-state index contributed by atoms with van der Waals surface area (Å²) in [5.74, 6) is -1.19. The van der Waals surface area contributed by atoms with E-state index in [1.54, 1.807) is 17.5 Å². The van der Waals surface area contributed by atoms with Gasteiger partial charge in [0.25, 0.3) is 0 Å². The Kier molecular flexibility index (Phi) is 5.47. The Hall–Kier alpha value is -1.72. The number of hydrogen-bond acceptors (Lipinski definition) is 4. The topological polar surface area (TPSA) is 43.4 Å². The summed E-state index contributed by atoms with van der Waals surface area (Å²) in [5, 5.41) is 2.00. The average molecular weight is 327 g/mol. The summed E-state index contributed by atoms with van der Waals surface area (Å²) in [6.45, 7) is -0.239. The zero-order chi connectivity index (χ0) is 15.2. The quantitative estimate of drug-likeness (QED) is 0.589. The molecule has 0 aliphatic rings. The molecule has 2 aromatic rings. The largest absolute Gasteiger partial charge is 0.461 e. The molecule has 0 aliphatic carbocycles. The lowest BCUT2D eigenvalue weighted by Gasteiger charge is -2.07. The number of esters is 1. The Morgan fingerprint density at radius 1 is 1.19 bits per heavy atom. The van der Waals surface area contributed by atoms with Crippen molar-refractivity contribution in [1.82, 2.24) is 0 Å². The maximum absolute atomic E-state index is 13.5. The molecule has 3 nitrogen and oxygen atoms in total. The maximum Gasteiger partial charge on any atom is 0.306 e. The zero-order valence-electron chi connectivity index (χ0n) is 11.0. The van der Waals surface area contributed by atoms with Crippen molar-refractivity contribution in [1.29, 1.82) is 0 Å². The van der Waals surface area contributed by atoms with Gasteiger partial charge in [-0.2, -0.15) is 0 Å². The van der Waals surface area contributed by atoms with Crippen molar-refractivity contribution >= 4 is 34.7 Å². The molecular formula is C15H12ClFO3S. The summed E-state index contributed by atoms with van der Waals surface area (Å²) in [5.41, 5.74) is 0.136. The van der Waals surface area contributed by atoms with Gasteiger partial charge in [0.05, 0.1) is 16.3 Å². The van der Waals surface area contributed by atoms with E-state index in [-0.39, 0.29) is 35.8 Å². The van der Waals surface area contributed by atoms with Crippen LogP contribution in [-0.4, -0.2) is 11.8 Å². The highest BCUT2D eigenvalue weighted by atomic mass is 35.5. The van der Waals surface area contributed by atoms with Crippen LogP contribution in [0.5, 0.6) is 0 Å². The highest BCUT2D eigenvalue weighted by Crippen LogP contribution is 2.20. The van der Waals surface area contributed by atoms with Gasteiger partial charge in [-0.25, -0.2) is 4.39 Å². The van der Waals surface area contributed by atoms with E-state index in [1.165, 1.54) is 29.5 Å². The van der Waals surface area contributed by atoms with Gasteiger partial charge in [-0.3, -0.25) is 9.59 Å². The molecule has 0 bridgehead atoms. The minimum Gasteiger partial charge on any atom is -0.461 e. The number of ketones is 1. The second kappa shape index (κ2) is 7.33. The van der Waals surface area contributed by atoms with Crippen LogP contribution >= 0.6 is 22.9 Å². The molecule has 1 aromatic carbocycles. The normalized spacial score (nSPS) is 10.4. The molecule has 110 valence electrons. The molecule has 0 saturated carbocycles. The molecular weight excluding hydrogens is 315 g/mol. The molecule has 0 radical (unpaired) electrons. The first kappa shape index (κ1) is 15.7. The van der Waals surface area contributed by atoms with Crippen molar-refractivity contribution in [2.24, 2.45) is 0 Å². The molecule has 21 heavy (non-hydrogen) atoms. The van der Waals surface area contributed by atoms with Gasteiger partial charge in [0.2, 0.25) is 0 Å². The average Bonchev–Trinajstić information content (AvgIpc) is 2.98. The SMILES string of the molecule is O=C(CCC(=O)c1cccs1)OCc1c(F)cccc1Cl. The van der Waals surface area contributed by atoms with Gasteiger partial charge in [-0.05, 0) is 23.6 Å². The van der Waals surface area contributed by atoms with E-state index < -0.39 is 11.8 Å². The van der Waals surface area contributed by atoms with Crippen molar-refractivity contribution in [3.63, 3.8) is 0 Å². The van der Waals surface area contributed by atoms with Crippen LogP contribution in [0.15, 0.2) is 35.7 Å². The highest BCUT2D eigenvalue weighted by Gasteiger charge is 2.13. The Bertz CT molecular complexity index is 620. The summed E-state index contributed by atoms with van der Waals surface area (Å²) < 4.78 is 18.4. The second-order valence-corrected chi connectivity index (χ2v) is 5.62. The standard InChI is InChI=1S/C15H12ClFO3S/c16-11-3-1-4-12(17)10(11)9-20-15(19)7-6-13(18)14-5-2-8-21-14/h1-5,8H,6-7,9H2. The Morgan fingerprint density at radius 3 is 2.67 bits per heavy atom. The van der Waals surface area contributed by atoms with Crippen LogP contribution in [0.3, 0.4) is 0 Å². The molecule has 0 saturated heterocycles. The van der Waals surface area contributed by atoms with Crippen molar-refractivity contribution in [2.75, 3.05) is 0 Å². The molecule has 0 spiro atoms. The Labute approximate surface area is 130 Å². The van der Waals surface area contributed by atoms with E-state index >= 15 is 0 Å². The molecule has 0 atom stereocenters. The Morgan fingerprint density at radius 2 is 2.00 bits per heavy atom. The summed E-state index contributed by atoms with van der Waals surface area (Å²) >= 11 is 7.15. The number of ether oxygens (including phenoxy) is 1. The minimum absolute atomic E-state index is 0.0389. The molecule has 6 heteroatoms. The second-order valence-electron chi connectivity index (χ2n) is 4.26. The van der Waals surface area contributed by atoms with E-state index in [9.17, 15) is 14.0 Å². The van der Waals surface area contributed by atoms with Crippen LogP contribution in [0.2, 0.25) is 5.02 Å². The van der Waals surface area contributed by atoms with Gasteiger partial charge in [0.1, 0.15) is 12.4 Å². The third kappa shape index (κ3) is 4.37. The van der Waals surface area contributed by atoms with Gasteiger partial charge in [-0.1, -0.05) is 23.7 Å². The number of carbonyl (C=O) groups excluding carboxylic acids is 2. The van der Waals surface area contributed by atoms with Gasteiger partial charge in [0, 0.05) is 12.0 Å². The maximum atomic E-state index is 13.5. The summed E-state index contributed by atoms with van der Waals surface area (Å²) in [6.07, 6.45) is 0.0349. The van der Waals surface area contributed by atoms with E-state index in [2.05, 4.69) is 0 Å². The Balaban J connectivity index is 1.81. The fraction of sp³-hybridized carbons (Fsp3) is 0.200. The highest BCUT2D eigenvalue weighted by molar-refractivity contribution is 7.12. The molecule has 2 rings (SSSR count). The summed E-state index contributed by atoms with van der Waals surface area (Å²) in [7, 11) is 0. The smallest absolute Gasteiger partial charge is 0.306 e. The molecule has 0 aliphatic heterocycles. The first-order chi connectivity index (χ1) is 10.1. The van der Waals surface area contributed by atoms with Gasteiger partial charge >= 0.3 is 5.97 Å². The van der Waals surface area contributed by atoms with Crippen LogP contribution in [0.4, 0.5) is 4.39 Å². The minimum atomic E-state index is -0.556. The van der Waals surface area contributed by atoms with Gasteiger partial charge < -0.3 is 4.74 Å². The molecule has 0 N–H and O–H groups in total. The van der Waals surface area contributed by atoms with E-state index in [0.29, 0.717) is 4.88 Å². The van der Waals surface area contributed by atoms with Gasteiger partial charge in [-0.15, -0.1) is 11.3 Å². The first-order valence-corrected chi connectivity index (χ1v) is 7.49. The van der Waals surface area contributed by atoms with Crippen molar-refractivity contribution in [2.45, 2.75) is 19.4 Å². The zero-order valence-corrected chi connectivity index (χ0v) is 12.5.